The van der Waals surface area contributed by atoms with E-state index in [2.05, 4.69) is 10.1 Å². The van der Waals surface area contributed by atoms with Gasteiger partial charge in [-0.3, -0.25) is 4.79 Å². The molecule has 1 N–H and O–H groups in total. The van der Waals surface area contributed by atoms with E-state index in [9.17, 15) is 4.79 Å². The van der Waals surface area contributed by atoms with Gasteiger partial charge in [0.05, 0.1) is 29.9 Å². The molecular formula is C14H13N3O2. The van der Waals surface area contributed by atoms with Gasteiger partial charge in [-0.05, 0) is 25.1 Å². The average molecular weight is 255 g/mol. The van der Waals surface area contributed by atoms with Gasteiger partial charge in [0.25, 0.3) is 5.56 Å². The summed E-state index contributed by atoms with van der Waals surface area (Å²) in [6, 6.07) is 9.46. The summed E-state index contributed by atoms with van der Waals surface area (Å²) in [5.41, 5.74) is 2.33. The maximum atomic E-state index is 11.8. The second-order valence-corrected chi connectivity index (χ2v) is 4.34. The molecule has 0 fully saturated rings. The molecular weight excluding hydrogens is 242 g/mol. The number of pyridine rings is 1. The highest BCUT2D eigenvalue weighted by atomic mass is 16.5. The molecule has 3 rings (SSSR count). The van der Waals surface area contributed by atoms with Crippen LogP contribution < -0.4 is 10.3 Å². The van der Waals surface area contributed by atoms with Crippen LogP contribution in [0, 0.1) is 6.92 Å². The highest BCUT2D eigenvalue weighted by Crippen LogP contribution is 2.20. The molecule has 96 valence electrons. The van der Waals surface area contributed by atoms with Gasteiger partial charge >= 0.3 is 0 Å². The molecule has 0 aliphatic rings. The molecule has 0 aliphatic heterocycles. The van der Waals surface area contributed by atoms with Crippen LogP contribution in [0.5, 0.6) is 5.75 Å². The molecule has 0 unspecified atom stereocenters. The number of H-pyrrole nitrogens is 1. The van der Waals surface area contributed by atoms with E-state index in [1.54, 1.807) is 18.0 Å². The minimum atomic E-state index is -0.121. The molecule has 0 saturated carbocycles. The first-order valence-electron chi connectivity index (χ1n) is 5.91. The van der Waals surface area contributed by atoms with Crippen molar-refractivity contribution in [3.05, 3.63) is 52.6 Å². The third kappa shape index (κ3) is 1.89. The molecule has 0 amide bonds. The zero-order valence-corrected chi connectivity index (χ0v) is 10.7. The second kappa shape index (κ2) is 4.28. The first kappa shape index (κ1) is 11.5. The summed E-state index contributed by atoms with van der Waals surface area (Å²) in [5, 5.41) is 4.86. The Kier molecular flexibility index (Phi) is 2.59. The van der Waals surface area contributed by atoms with Crippen LogP contribution in [-0.2, 0) is 0 Å². The summed E-state index contributed by atoms with van der Waals surface area (Å²) < 4.78 is 6.94. The summed E-state index contributed by atoms with van der Waals surface area (Å²) in [5.74, 6) is 0.753. The fraction of sp³-hybridized carbons (Fsp3) is 0.143. The highest BCUT2D eigenvalue weighted by molar-refractivity contribution is 5.79. The van der Waals surface area contributed by atoms with E-state index in [1.807, 2.05) is 37.3 Å². The number of benzene rings is 1. The van der Waals surface area contributed by atoms with E-state index < -0.39 is 0 Å². The SMILES string of the molecule is COc1cccc(-n2ncc3c(=O)[nH]c(C)cc32)c1. The van der Waals surface area contributed by atoms with Crippen LogP contribution in [0.15, 0.2) is 41.3 Å². The highest BCUT2D eigenvalue weighted by Gasteiger charge is 2.09. The lowest BCUT2D eigenvalue weighted by Gasteiger charge is -2.06. The Labute approximate surface area is 109 Å². The molecule has 0 saturated heterocycles. The molecule has 19 heavy (non-hydrogen) atoms. The summed E-state index contributed by atoms with van der Waals surface area (Å²) in [6.45, 7) is 1.85. The van der Waals surface area contributed by atoms with Gasteiger partial charge in [-0.2, -0.15) is 5.10 Å². The Balaban J connectivity index is 2.28. The zero-order chi connectivity index (χ0) is 13.4. The van der Waals surface area contributed by atoms with Crippen molar-refractivity contribution in [1.82, 2.24) is 14.8 Å². The van der Waals surface area contributed by atoms with Gasteiger partial charge in [0.1, 0.15) is 5.75 Å². The van der Waals surface area contributed by atoms with Crippen molar-refractivity contribution in [1.29, 1.82) is 0 Å². The van der Waals surface area contributed by atoms with Crippen molar-refractivity contribution in [2.24, 2.45) is 0 Å². The van der Waals surface area contributed by atoms with Crippen LogP contribution in [0.2, 0.25) is 0 Å². The minimum absolute atomic E-state index is 0.121. The van der Waals surface area contributed by atoms with Crippen LogP contribution in [0.4, 0.5) is 0 Å². The van der Waals surface area contributed by atoms with Crippen LogP contribution in [0.25, 0.3) is 16.6 Å². The number of ether oxygens (including phenoxy) is 1. The third-order valence-electron chi connectivity index (χ3n) is 3.01. The van der Waals surface area contributed by atoms with Crippen LogP contribution in [0.3, 0.4) is 0 Å². The average Bonchev–Trinajstić information content (AvgIpc) is 2.82. The van der Waals surface area contributed by atoms with Gasteiger partial charge in [0.15, 0.2) is 0 Å². The van der Waals surface area contributed by atoms with Gasteiger partial charge < -0.3 is 9.72 Å². The largest absolute Gasteiger partial charge is 0.497 e. The lowest BCUT2D eigenvalue weighted by atomic mass is 10.2. The smallest absolute Gasteiger partial charge is 0.259 e. The summed E-state index contributed by atoms with van der Waals surface area (Å²) in [6.07, 6.45) is 1.58. The molecule has 0 bridgehead atoms. The minimum Gasteiger partial charge on any atom is -0.497 e. The number of nitrogens with one attached hydrogen (secondary N) is 1. The van der Waals surface area contributed by atoms with Crippen molar-refractivity contribution >= 4 is 10.9 Å². The predicted octanol–water partition coefficient (Wildman–Crippen LogP) is 2.03. The first-order valence-corrected chi connectivity index (χ1v) is 5.91. The molecule has 2 heterocycles. The molecule has 1 aromatic carbocycles. The number of aromatic amines is 1. The molecule has 2 aromatic heterocycles. The number of hydrogen-bond donors (Lipinski definition) is 1. The van der Waals surface area contributed by atoms with E-state index in [0.717, 1.165) is 22.6 Å². The number of aryl methyl sites for hydroxylation is 1. The Morgan fingerprint density at radius 3 is 2.95 bits per heavy atom. The fourth-order valence-corrected chi connectivity index (χ4v) is 2.11. The van der Waals surface area contributed by atoms with Crippen LogP contribution in [0.1, 0.15) is 5.69 Å². The summed E-state index contributed by atoms with van der Waals surface area (Å²) in [4.78, 5) is 14.6. The zero-order valence-electron chi connectivity index (χ0n) is 10.7. The van der Waals surface area contributed by atoms with Gasteiger partial charge in [-0.1, -0.05) is 6.07 Å². The van der Waals surface area contributed by atoms with Gasteiger partial charge in [-0.15, -0.1) is 0 Å². The Morgan fingerprint density at radius 2 is 2.16 bits per heavy atom. The van der Waals surface area contributed by atoms with Crippen molar-refractivity contribution in [3.63, 3.8) is 0 Å². The maximum Gasteiger partial charge on any atom is 0.259 e. The second-order valence-electron chi connectivity index (χ2n) is 4.34. The molecule has 0 radical (unpaired) electrons. The number of nitrogens with zero attached hydrogens (tertiary/aromatic N) is 2. The molecule has 0 aliphatic carbocycles. The number of methoxy groups -OCH3 is 1. The van der Waals surface area contributed by atoms with Crippen molar-refractivity contribution < 1.29 is 4.74 Å². The maximum absolute atomic E-state index is 11.8. The van der Waals surface area contributed by atoms with Gasteiger partial charge in [0.2, 0.25) is 0 Å². The normalized spacial score (nSPS) is 10.8. The Hall–Kier alpha value is -2.56. The number of hydrogen-bond acceptors (Lipinski definition) is 3. The van der Waals surface area contributed by atoms with Crippen molar-refractivity contribution in [3.8, 4) is 11.4 Å². The lowest BCUT2D eigenvalue weighted by molar-refractivity contribution is 0.414. The standard InChI is InChI=1S/C14H13N3O2/c1-9-6-13-12(14(18)16-9)8-15-17(13)10-4-3-5-11(7-10)19-2/h3-8H,1-2H3,(H,16,18). The Morgan fingerprint density at radius 1 is 1.32 bits per heavy atom. The third-order valence-corrected chi connectivity index (χ3v) is 3.01. The van der Waals surface area contributed by atoms with Crippen LogP contribution >= 0.6 is 0 Å². The predicted molar refractivity (Wildman–Crippen MR) is 73.0 cm³/mol. The van der Waals surface area contributed by atoms with E-state index in [0.29, 0.717) is 5.39 Å². The molecule has 5 nitrogen and oxygen atoms in total. The quantitative estimate of drug-likeness (QED) is 0.762. The van der Waals surface area contributed by atoms with Gasteiger partial charge in [0, 0.05) is 11.8 Å². The number of rotatable bonds is 2. The molecule has 3 aromatic rings. The monoisotopic (exact) mass is 255 g/mol. The first-order chi connectivity index (χ1) is 9.19. The van der Waals surface area contributed by atoms with Gasteiger partial charge in [-0.25, -0.2) is 4.68 Å². The van der Waals surface area contributed by atoms with Crippen LogP contribution in [-0.4, -0.2) is 21.9 Å². The lowest BCUT2D eigenvalue weighted by Crippen LogP contribution is -2.07. The Bertz CT molecular complexity index is 802. The van der Waals surface area contributed by atoms with E-state index in [1.165, 1.54) is 0 Å². The topological polar surface area (TPSA) is 59.9 Å². The fourth-order valence-electron chi connectivity index (χ4n) is 2.11. The number of aromatic nitrogens is 3. The van der Waals surface area contributed by atoms with Crippen molar-refractivity contribution in [2.45, 2.75) is 6.92 Å². The van der Waals surface area contributed by atoms with E-state index >= 15 is 0 Å². The molecule has 5 heteroatoms. The van der Waals surface area contributed by atoms with Crippen molar-refractivity contribution in [2.75, 3.05) is 7.11 Å². The van der Waals surface area contributed by atoms with E-state index in [-0.39, 0.29) is 5.56 Å². The number of fused-ring (bicyclic) bond motifs is 1. The van der Waals surface area contributed by atoms with E-state index in [4.69, 9.17) is 4.74 Å². The molecule has 0 spiro atoms. The molecule has 0 atom stereocenters. The summed E-state index contributed by atoms with van der Waals surface area (Å²) in [7, 11) is 1.62. The summed E-state index contributed by atoms with van der Waals surface area (Å²) >= 11 is 0.